The van der Waals surface area contributed by atoms with Crippen LogP contribution in [-0.2, 0) is 6.18 Å². The molecule has 0 amide bonds. The topological polar surface area (TPSA) is 80.2 Å². The van der Waals surface area contributed by atoms with Crippen LogP contribution >= 0.6 is 0 Å². The lowest BCUT2D eigenvalue weighted by molar-refractivity contribution is -0.141. The van der Waals surface area contributed by atoms with Gasteiger partial charge in [0.15, 0.2) is 11.5 Å². The zero-order valence-electron chi connectivity index (χ0n) is 14.9. The highest BCUT2D eigenvalue weighted by atomic mass is 19.4. The van der Waals surface area contributed by atoms with Crippen molar-refractivity contribution in [3.05, 3.63) is 60.0 Å². The molecule has 0 aliphatic rings. The van der Waals surface area contributed by atoms with Gasteiger partial charge in [0.05, 0.1) is 6.61 Å². The number of nitrogens with zero attached hydrogens (tertiary/aromatic N) is 3. The second kappa shape index (κ2) is 8.22. The number of ether oxygens (including phenoxy) is 1. The lowest BCUT2D eigenvalue weighted by Crippen LogP contribution is -2.11. The molecular formula is C19H17F3N4O2. The number of alkyl halides is 3. The van der Waals surface area contributed by atoms with Crippen LogP contribution in [0.1, 0.15) is 11.3 Å². The maximum absolute atomic E-state index is 13.3. The Morgan fingerprint density at radius 3 is 2.46 bits per heavy atom. The highest BCUT2D eigenvalue weighted by Gasteiger charge is 2.33. The summed E-state index contributed by atoms with van der Waals surface area (Å²) in [6, 6.07) is 8.97. The van der Waals surface area contributed by atoms with Crippen molar-refractivity contribution in [2.24, 2.45) is 0 Å². The lowest BCUT2D eigenvalue weighted by Gasteiger charge is -2.13. The number of aliphatic hydroxyl groups is 1. The fraction of sp³-hybridized carbons (Fsp3) is 0.211. The Hall–Kier alpha value is -3.20. The van der Waals surface area contributed by atoms with E-state index in [2.05, 4.69) is 20.3 Å². The molecule has 2 N–H and O–H groups in total. The van der Waals surface area contributed by atoms with Crippen molar-refractivity contribution in [1.82, 2.24) is 15.0 Å². The summed E-state index contributed by atoms with van der Waals surface area (Å²) in [5.41, 5.74) is 0.684. The van der Waals surface area contributed by atoms with E-state index in [0.717, 1.165) is 11.6 Å². The molecule has 2 heterocycles. The van der Waals surface area contributed by atoms with Gasteiger partial charge in [0.2, 0.25) is 0 Å². The summed E-state index contributed by atoms with van der Waals surface area (Å²) < 4.78 is 45.2. The molecule has 0 unspecified atom stereocenters. The van der Waals surface area contributed by atoms with E-state index in [1.807, 2.05) is 0 Å². The minimum atomic E-state index is -4.61. The molecule has 28 heavy (non-hydrogen) atoms. The zero-order chi connectivity index (χ0) is 20.1. The Bertz CT molecular complexity index is 950. The van der Waals surface area contributed by atoms with Gasteiger partial charge in [0.25, 0.3) is 0 Å². The van der Waals surface area contributed by atoms with Crippen LogP contribution in [0.3, 0.4) is 0 Å². The Morgan fingerprint density at radius 1 is 1.07 bits per heavy atom. The third-order valence-electron chi connectivity index (χ3n) is 3.75. The number of pyridine rings is 1. The predicted molar refractivity (Wildman–Crippen MR) is 97.3 cm³/mol. The third-order valence-corrected chi connectivity index (χ3v) is 3.75. The molecular weight excluding hydrogens is 373 g/mol. The number of nitrogens with one attached hydrogen (secondary N) is 1. The van der Waals surface area contributed by atoms with Crippen molar-refractivity contribution in [1.29, 1.82) is 0 Å². The van der Waals surface area contributed by atoms with E-state index >= 15 is 0 Å². The fourth-order valence-electron chi connectivity index (χ4n) is 2.48. The summed E-state index contributed by atoms with van der Waals surface area (Å²) in [5, 5.41) is 11.7. The maximum Gasteiger partial charge on any atom is 0.433 e. The number of rotatable bonds is 6. The number of aryl methyl sites for hydroxylation is 1. The van der Waals surface area contributed by atoms with Crippen LogP contribution in [0, 0.1) is 6.92 Å². The number of hydrogen-bond acceptors (Lipinski definition) is 6. The molecule has 0 spiro atoms. The SMILES string of the molecule is Cc1cc(Nc2cc(C(F)(F)F)nc(-c3ccncc3)n2)ccc1OCCO. The number of hydrogen-bond donors (Lipinski definition) is 2. The van der Waals surface area contributed by atoms with E-state index in [4.69, 9.17) is 9.84 Å². The number of anilines is 2. The van der Waals surface area contributed by atoms with E-state index in [9.17, 15) is 13.2 Å². The molecule has 0 aliphatic heterocycles. The molecule has 3 aromatic rings. The van der Waals surface area contributed by atoms with Gasteiger partial charge in [-0.25, -0.2) is 9.97 Å². The first kappa shape index (κ1) is 19.6. The van der Waals surface area contributed by atoms with Crippen LogP contribution in [0.5, 0.6) is 5.75 Å². The van der Waals surface area contributed by atoms with Gasteiger partial charge in [-0.05, 0) is 42.8 Å². The predicted octanol–water partition coefficient (Wildman–Crippen LogP) is 3.98. The summed E-state index contributed by atoms with van der Waals surface area (Å²) in [6.45, 7) is 1.84. The summed E-state index contributed by atoms with van der Waals surface area (Å²) in [4.78, 5) is 11.7. The van der Waals surface area contributed by atoms with Crippen LogP contribution in [-0.4, -0.2) is 33.3 Å². The van der Waals surface area contributed by atoms with Gasteiger partial charge in [-0.3, -0.25) is 4.98 Å². The minimum absolute atomic E-state index is 0.0116. The number of benzene rings is 1. The monoisotopic (exact) mass is 390 g/mol. The molecule has 0 saturated heterocycles. The van der Waals surface area contributed by atoms with Gasteiger partial charge >= 0.3 is 6.18 Å². The number of aliphatic hydroxyl groups excluding tert-OH is 1. The van der Waals surface area contributed by atoms with Crippen LogP contribution in [0.25, 0.3) is 11.4 Å². The van der Waals surface area contributed by atoms with Gasteiger partial charge < -0.3 is 15.2 Å². The second-order valence-corrected chi connectivity index (χ2v) is 5.87. The lowest BCUT2D eigenvalue weighted by atomic mass is 10.2. The van der Waals surface area contributed by atoms with Crippen molar-refractivity contribution < 1.29 is 23.0 Å². The van der Waals surface area contributed by atoms with Crippen LogP contribution in [0.15, 0.2) is 48.8 Å². The molecule has 3 rings (SSSR count). The summed E-state index contributed by atoms with van der Waals surface area (Å²) in [7, 11) is 0. The number of halogens is 3. The van der Waals surface area contributed by atoms with Gasteiger partial charge in [-0.2, -0.15) is 13.2 Å². The van der Waals surface area contributed by atoms with Gasteiger partial charge in [0.1, 0.15) is 18.2 Å². The Kier molecular flexibility index (Phi) is 5.74. The summed E-state index contributed by atoms with van der Waals surface area (Å²) >= 11 is 0. The van der Waals surface area contributed by atoms with E-state index in [-0.39, 0.29) is 24.9 Å². The van der Waals surface area contributed by atoms with Crippen LogP contribution in [0.2, 0.25) is 0 Å². The standard InChI is InChI=1S/C19H17F3N4O2/c1-12-10-14(2-3-15(12)28-9-8-27)24-17-11-16(19(20,21)22)25-18(26-17)13-4-6-23-7-5-13/h2-7,10-11,27H,8-9H2,1H3,(H,24,25,26). The zero-order valence-corrected chi connectivity index (χ0v) is 14.9. The van der Waals surface area contributed by atoms with E-state index in [1.165, 1.54) is 24.5 Å². The first-order valence-electron chi connectivity index (χ1n) is 8.35. The Labute approximate surface area is 159 Å². The minimum Gasteiger partial charge on any atom is -0.491 e. The second-order valence-electron chi connectivity index (χ2n) is 5.87. The first-order valence-corrected chi connectivity index (χ1v) is 8.35. The molecule has 1 aromatic carbocycles. The van der Waals surface area contributed by atoms with E-state index in [0.29, 0.717) is 17.0 Å². The molecule has 146 valence electrons. The largest absolute Gasteiger partial charge is 0.491 e. The molecule has 0 saturated carbocycles. The highest BCUT2D eigenvalue weighted by molar-refractivity contribution is 5.63. The molecule has 6 nitrogen and oxygen atoms in total. The maximum atomic E-state index is 13.3. The molecule has 9 heteroatoms. The summed E-state index contributed by atoms with van der Waals surface area (Å²) in [6.07, 6.45) is -1.69. The first-order chi connectivity index (χ1) is 13.4. The van der Waals surface area contributed by atoms with Gasteiger partial charge in [-0.1, -0.05) is 0 Å². The van der Waals surface area contributed by atoms with Gasteiger partial charge in [-0.15, -0.1) is 0 Å². The summed E-state index contributed by atoms with van der Waals surface area (Å²) in [5.74, 6) is 0.535. The smallest absolute Gasteiger partial charge is 0.433 e. The Balaban J connectivity index is 1.94. The van der Waals surface area contributed by atoms with Crippen molar-refractivity contribution in [3.63, 3.8) is 0 Å². The third kappa shape index (κ3) is 4.74. The molecule has 0 fully saturated rings. The van der Waals surface area contributed by atoms with Gasteiger partial charge in [0, 0.05) is 29.7 Å². The Morgan fingerprint density at radius 2 is 1.82 bits per heavy atom. The van der Waals surface area contributed by atoms with Crippen molar-refractivity contribution in [2.75, 3.05) is 18.5 Å². The highest BCUT2D eigenvalue weighted by Crippen LogP contribution is 2.32. The fourth-order valence-corrected chi connectivity index (χ4v) is 2.48. The van der Waals surface area contributed by atoms with E-state index in [1.54, 1.807) is 25.1 Å². The van der Waals surface area contributed by atoms with E-state index < -0.39 is 11.9 Å². The van der Waals surface area contributed by atoms with Crippen molar-refractivity contribution >= 4 is 11.5 Å². The van der Waals surface area contributed by atoms with Crippen molar-refractivity contribution in [2.45, 2.75) is 13.1 Å². The van der Waals surface area contributed by atoms with Crippen LogP contribution < -0.4 is 10.1 Å². The van der Waals surface area contributed by atoms with Crippen molar-refractivity contribution in [3.8, 4) is 17.1 Å². The molecule has 0 radical (unpaired) electrons. The van der Waals surface area contributed by atoms with Crippen LogP contribution in [0.4, 0.5) is 24.7 Å². The average Bonchev–Trinajstić information content (AvgIpc) is 2.67. The normalized spacial score (nSPS) is 11.3. The average molecular weight is 390 g/mol. The molecule has 0 bridgehead atoms. The molecule has 0 atom stereocenters. The molecule has 0 aliphatic carbocycles. The quantitative estimate of drug-likeness (QED) is 0.663. The molecule has 2 aromatic heterocycles. The number of aromatic nitrogens is 3.